The molecule has 27 heavy (non-hydrogen) atoms. The molecule has 8 nitrogen and oxygen atoms in total. The first-order valence-corrected chi connectivity index (χ1v) is 8.42. The lowest BCUT2D eigenvalue weighted by Crippen LogP contribution is -2.25. The van der Waals surface area contributed by atoms with Crippen LogP contribution in [0.4, 0.5) is 5.69 Å². The molecule has 0 heterocycles. The number of ether oxygens (including phenoxy) is 1. The minimum Gasteiger partial charge on any atom is -0.506 e. The van der Waals surface area contributed by atoms with Crippen molar-refractivity contribution in [3.8, 4) is 11.5 Å². The summed E-state index contributed by atoms with van der Waals surface area (Å²) in [5, 5.41) is 26.8. The Morgan fingerprint density at radius 3 is 2.56 bits per heavy atom. The molecule has 0 aliphatic rings. The minimum atomic E-state index is -1.01. The third-order valence-electron chi connectivity index (χ3n) is 4.03. The van der Waals surface area contributed by atoms with Gasteiger partial charge in [0.15, 0.2) is 0 Å². The molecule has 8 heteroatoms. The standard InChI is InChI=1S/C19H23N3O5/c1-13(23)20-17-11-15(5-8-18(17)24)19(25)12-22(21-26)10-9-14-3-6-16(27-2)7-4-14/h3-8,11,19,24-25H,9-10,12H2,1-2H3,(H,20,23). The summed E-state index contributed by atoms with van der Waals surface area (Å²) >= 11 is 0. The first-order valence-electron chi connectivity index (χ1n) is 8.42. The molecule has 0 aromatic heterocycles. The quantitative estimate of drug-likeness (QED) is 0.354. The maximum Gasteiger partial charge on any atom is 0.221 e. The Kier molecular flexibility index (Phi) is 7.13. The van der Waals surface area contributed by atoms with Crippen LogP contribution in [0.15, 0.2) is 47.8 Å². The molecule has 0 fully saturated rings. The Bertz CT molecular complexity index is 779. The van der Waals surface area contributed by atoms with Gasteiger partial charge in [0, 0.05) is 13.5 Å². The largest absolute Gasteiger partial charge is 0.506 e. The van der Waals surface area contributed by atoms with E-state index in [2.05, 4.69) is 10.6 Å². The Balaban J connectivity index is 1.98. The van der Waals surface area contributed by atoms with E-state index in [0.29, 0.717) is 18.5 Å². The predicted octanol–water partition coefficient (Wildman–Crippen LogP) is 2.62. The average molecular weight is 373 g/mol. The summed E-state index contributed by atoms with van der Waals surface area (Å²) in [5.41, 5.74) is 1.66. The number of carbonyl (C=O) groups excluding carboxylic acids is 1. The molecule has 1 unspecified atom stereocenters. The third-order valence-corrected chi connectivity index (χ3v) is 4.03. The van der Waals surface area contributed by atoms with E-state index in [9.17, 15) is 19.9 Å². The second kappa shape index (κ2) is 9.54. The van der Waals surface area contributed by atoms with Crippen molar-refractivity contribution in [3.63, 3.8) is 0 Å². The first-order chi connectivity index (χ1) is 12.9. The van der Waals surface area contributed by atoms with Gasteiger partial charge in [-0.25, -0.2) is 0 Å². The molecule has 0 radical (unpaired) electrons. The van der Waals surface area contributed by atoms with Gasteiger partial charge in [-0.3, -0.25) is 9.80 Å². The molecule has 0 aliphatic heterocycles. The van der Waals surface area contributed by atoms with Crippen LogP contribution >= 0.6 is 0 Å². The third kappa shape index (κ3) is 5.96. The van der Waals surface area contributed by atoms with Crippen molar-refractivity contribution in [1.29, 1.82) is 0 Å². The van der Waals surface area contributed by atoms with Crippen LogP contribution in [-0.2, 0) is 11.2 Å². The number of rotatable bonds is 9. The van der Waals surface area contributed by atoms with E-state index in [-0.39, 0.29) is 23.9 Å². The highest BCUT2D eigenvalue weighted by Gasteiger charge is 2.15. The maximum absolute atomic E-state index is 11.2. The Morgan fingerprint density at radius 1 is 1.26 bits per heavy atom. The number of aromatic hydroxyl groups is 1. The van der Waals surface area contributed by atoms with E-state index in [1.165, 1.54) is 30.1 Å². The van der Waals surface area contributed by atoms with Gasteiger partial charge in [0.2, 0.25) is 5.91 Å². The van der Waals surface area contributed by atoms with Gasteiger partial charge in [-0.2, -0.15) is 0 Å². The van der Waals surface area contributed by atoms with Gasteiger partial charge >= 0.3 is 0 Å². The van der Waals surface area contributed by atoms with E-state index >= 15 is 0 Å². The van der Waals surface area contributed by atoms with Crippen molar-refractivity contribution in [3.05, 3.63) is 58.5 Å². The molecule has 2 aromatic carbocycles. The number of hydrogen-bond acceptors (Lipinski definition) is 6. The smallest absolute Gasteiger partial charge is 0.221 e. The van der Waals surface area contributed by atoms with Gasteiger partial charge < -0.3 is 20.3 Å². The number of amides is 1. The van der Waals surface area contributed by atoms with Crippen LogP contribution in [0.2, 0.25) is 0 Å². The number of aliphatic hydroxyl groups is 1. The van der Waals surface area contributed by atoms with Crippen LogP contribution in [0.25, 0.3) is 0 Å². The molecule has 0 spiro atoms. The molecular formula is C19H23N3O5. The molecular weight excluding hydrogens is 350 g/mol. The summed E-state index contributed by atoms with van der Waals surface area (Å²) in [6.45, 7) is 1.65. The van der Waals surface area contributed by atoms with Crippen LogP contribution in [-0.4, -0.2) is 41.3 Å². The zero-order valence-electron chi connectivity index (χ0n) is 15.3. The molecule has 0 saturated heterocycles. The second-order valence-electron chi connectivity index (χ2n) is 6.07. The number of anilines is 1. The van der Waals surface area contributed by atoms with Crippen molar-refractivity contribution < 1.29 is 19.7 Å². The van der Waals surface area contributed by atoms with Crippen molar-refractivity contribution in [2.45, 2.75) is 19.4 Å². The SMILES string of the molecule is COc1ccc(CCN(CC(O)c2ccc(O)c(NC(C)=O)c2)N=O)cc1. The second-order valence-corrected chi connectivity index (χ2v) is 6.07. The van der Waals surface area contributed by atoms with Gasteiger partial charge in [-0.05, 0) is 41.8 Å². The van der Waals surface area contributed by atoms with Crippen LogP contribution in [0, 0.1) is 4.91 Å². The predicted molar refractivity (Wildman–Crippen MR) is 101 cm³/mol. The highest BCUT2D eigenvalue weighted by Crippen LogP contribution is 2.27. The summed E-state index contributed by atoms with van der Waals surface area (Å²) < 4.78 is 5.10. The van der Waals surface area contributed by atoms with Gasteiger partial charge in [0.25, 0.3) is 0 Å². The monoisotopic (exact) mass is 373 g/mol. The van der Waals surface area contributed by atoms with Gasteiger partial charge in [0.05, 0.1) is 30.7 Å². The fourth-order valence-corrected chi connectivity index (χ4v) is 2.57. The molecule has 1 amide bonds. The van der Waals surface area contributed by atoms with Crippen LogP contribution < -0.4 is 10.1 Å². The van der Waals surface area contributed by atoms with Crippen molar-refractivity contribution in [1.82, 2.24) is 5.01 Å². The molecule has 2 rings (SSSR count). The molecule has 3 N–H and O–H groups in total. The summed E-state index contributed by atoms with van der Waals surface area (Å²) in [5.74, 6) is 0.306. The van der Waals surface area contributed by atoms with E-state index in [1.807, 2.05) is 24.3 Å². The van der Waals surface area contributed by atoms with E-state index < -0.39 is 6.10 Å². The highest BCUT2D eigenvalue weighted by molar-refractivity contribution is 5.90. The molecule has 0 bridgehead atoms. The highest BCUT2D eigenvalue weighted by atomic mass is 16.5. The first kappa shape index (κ1) is 20.2. The average Bonchev–Trinajstić information content (AvgIpc) is 2.66. The number of nitroso groups, excluding NO2 is 1. The van der Waals surface area contributed by atoms with Crippen molar-refractivity contribution >= 4 is 11.6 Å². The fraction of sp³-hybridized carbons (Fsp3) is 0.316. The Morgan fingerprint density at radius 2 is 1.96 bits per heavy atom. The number of hydrogen-bond donors (Lipinski definition) is 3. The Labute approximate surface area is 157 Å². The molecule has 1 atom stereocenters. The van der Waals surface area contributed by atoms with Gasteiger partial charge in [0.1, 0.15) is 11.5 Å². The molecule has 2 aromatic rings. The topological polar surface area (TPSA) is 111 Å². The van der Waals surface area contributed by atoms with Crippen LogP contribution in [0.5, 0.6) is 11.5 Å². The summed E-state index contributed by atoms with van der Waals surface area (Å²) in [7, 11) is 1.59. The van der Waals surface area contributed by atoms with Crippen molar-refractivity contribution in [2.24, 2.45) is 5.29 Å². The van der Waals surface area contributed by atoms with Gasteiger partial charge in [-0.1, -0.05) is 18.2 Å². The zero-order chi connectivity index (χ0) is 19.8. The Hall–Kier alpha value is -3.13. The number of nitrogens with zero attached hydrogens (tertiary/aromatic N) is 2. The summed E-state index contributed by atoms with van der Waals surface area (Å²) in [4.78, 5) is 22.3. The lowest BCUT2D eigenvalue weighted by atomic mass is 10.1. The van der Waals surface area contributed by atoms with E-state index in [1.54, 1.807) is 7.11 Å². The number of phenolic OH excluding ortho intramolecular Hbond substituents is 1. The van der Waals surface area contributed by atoms with Crippen molar-refractivity contribution in [2.75, 3.05) is 25.5 Å². The number of nitrogens with one attached hydrogen (secondary N) is 1. The van der Waals surface area contributed by atoms with E-state index in [4.69, 9.17) is 4.74 Å². The number of benzene rings is 2. The molecule has 0 saturated carbocycles. The van der Waals surface area contributed by atoms with Gasteiger partial charge in [-0.15, -0.1) is 4.91 Å². The van der Waals surface area contributed by atoms with E-state index in [0.717, 1.165) is 11.3 Å². The summed E-state index contributed by atoms with van der Waals surface area (Å²) in [6.07, 6.45) is -0.429. The minimum absolute atomic E-state index is 0.00998. The maximum atomic E-state index is 11.2. The zero-order valence-corrected chi connectivity index (χ0v) is 15.3. The van der Waals surface area contributed by atoms with Crippen LogP contribution in [0.1, 0.15) is 24.2 Å². The summed E-state index contributed by atoms with van der Waals surface area (Å²) in [6, 6.07) is 11.8. The number of phenols is 1. The lowest BCUT2D eigenvalue weighted by Gasteiger charge is -2.20. The number of aliphatic hydroxyl groups excluding tert-OH is 1. The number of methoxy groups -OCH3 is 1. The normalized spacial score (nSPS) is 11.5. The number of carbonyl (C=O) groups is 1. The molecule has 144 valence electrons. The lowest BCUT2D eigenvalue weighted by molar-refractivity contribution is -0.114. The fourth-order valence-electron chi connectivity index (χ4n) is 2.57. The van der Waals surface area contributed by atoms with Crippen LogP contribution in [0.3, 0.4) is 0 Å². The molecule has 0 aliphatic carbocycles.